The highest BCUT2D eigenvalue weighted by Crippen LogP contribution is 2.56. The van der Waals surface area contributed by atoms with Gasteiger partial charge in [-0.15, -0.1) is 4.76 Å². The van der Waals surface area contributed by atoms with Crippen molar-refractivity contribution in [1.82, 2.24) is 9.80 Å². The SMILES string of the molecule is CCCCCCN1CCN(C)C1=NP(=O)(OC(C)(C)C)OC(C)(C)C. The van der Waals surface area contributed by atoms with Crippen molar-refractivity contribution < 1.29 is 13.6 Å². The number of nitrogens with zero attached hydrogens (tertiary/aromatic N) is 3. The van der Waals surface area contributed by atoms with Gasteiger partial charge in [-0.1, -0.05) is 26.2 Å². The summed E-state index contributed by atoms with van der Waals surface area (Å²) >= 11 is 0. The second-order valence-corrected chi connectivity index (χ2v) is 10.2. The van der Waals surface area contributed by atoms with Crippen LogP contribution >= 0.6 is 7.75 Å². The Morgan fingerprint density at radius 1 is 1.00 bits per heavy atom. The molecule has 0 saturated carbocycles. The number of unbranched alkanes of at least 4 members (excludes halogenated alkanes) is 3. The van der Waals surface area contributed by atoms with Gasteiger partial charge in [0.05, 0.1) is 11.2 Å². The maximum absolute atomic E-state index is 13.4. The Morgan fingerprint density at radius 2 is 1.56 bits per heavy atom. The lowest BCUT2D eigenvalue weighted by atomic mass is 10.2. The second kappa shape index (κ2) is 8.88. The van der Waals surface area contributed by atoms with Crippen molar-refractivity contribution in [3.8, 4) is 0 Å². The monoisotopic (exact) mass is 375 g/mol. The van der Waals surface area contributed by atoms with Crippen LogP contribution in [0.1, 0.15) is 74.1 Å². The summed E-state index contributed by atoms with van der Waals surface area (Å²) in [6.45, 7) is 16.1. The molecule has 1 fully saturated rings. The third-order valence-corrected chi connectivity index (χ3v) is 5.58. The first-order chi connectivity index (χ1) is 11.4. The summed E-state index contributed by atoms with van der Waals surface area (Å²) in [7, 11) is -1.65. The molecule has 148 valence electrons. The Balaban J connectivity index is 3.00. The number of likely N-dealkylation sites (N-methyl/N-ethyl adjacent to an activating group) is 1. The number of hydrogen-bond acceptors (Lipinski definition) is 3. The molecule has 0 radical (unpaired) electrons. The molecule has 0 unspecified atom stereocenters. The fourth-order valence-corrected chi connectivity index (χ4v) is 4.66. The lowest BCUT2D eigenvalue weighted by molar-refractivity contribution is 0.0493. The Hall–Kier alpha value is -0.580. The third kappa shape index (κ3) is 8.57. The topological polar surface area (TPSA) is 54.4 Å². The molecule has 1 aliphatic rings. The summed E-state index contributed by atoms with van der Waals surface area (Å²) in [5.41, 5.74) is -1.21. The van der Waals surface area contributed by atoms with E-state index in [1.54, 1.807) is 0 Å². The molecule has 1 rings (SSSR count). The summed E-state index contributed by atoms with van der Waals surface area (Å²) in [6.07, 6.45) is 4.79. The molecular weight excluding hydrogens is 337 g/mol. The van der Waals surface area contributed by atoms with E-state index in [1.807, 2.05) is 53.5 Å². The predicted octanol–water partition coefficient (Wildman–Crippen LogP) is 4.91. The fraction of sp³-hybridized carbons (Fsp3) is 0.944. The van der Waals surface area contributed by atoms with Crippen molar-refractivity contribution in [3.63, 3.8) is 0 Å². The number of rotatable bonds is 8. The van der Waals surface area contributed by atoms with Crippen LogP contribution in [-0.2, 0) is 13.6 Å². The van der Waals surface area contributed by atoms with E-state index >= 15 is 0 Å². The van der Waals surface area contributed by atoms with Crippen LogP contribution in [0.4, 0.5) is 0 Å². The quantitative estimate of drug-likeness (QED) is 0.446. The fourth-order valence-electron chi connectivity index (χ4n) is 2.65. The standard InChI is InChI=1S/C18H38N3O3P/c1-9-10-11-12-13-21-15-14-20(8)16(21)19-25(22,23-17(2,3)4)24-18(5,6)7/h9-15H2,1-8H3. The molecule has 0 aliphatic carbocycles. The highest BCUT2D eigenvalue weighted by atomic mass is 31.2. The van der Waals surface area contributed by atoms with Crippen LogP contribution in [0.3, 0.4) is 0 Å². The van der Waals surface area contributed by atoms with Gasteiger partial charge >= 0.3 is 7.75 Å². The van der Waals surface area contributed by atoms with Crippen LogP contribution in [0, 0.1) is 0 Å². The molecule has 6 nitrogen and oxygen atoms in total. The molecule has 0 aromatic carbocycles. The molecule has 25 heavy (non-hydrogen) atoms. The van der Waals surface area contributed by atoms with Crippen LogP contribution in [0.25, 0.3) is 0 Å². The summed E-state index contributed by atoms with van der Waals surface area (Å²) in [4.78, 5) is 4.23. The average molecular weight is 375 g/mol. The minimum atomic E-state index is -3.63. The van der Waals surface area contributed by atoms with Gasteiger partial charge in [0.2, 0.25) is 5.96 Å². The van der Waals surface area contributed by atoms with Gasteiger partial charge in [0.25, 0.3) is 0 Å². The van der Waals surface area contributed by atoms with E-state index in [0.717, 1.165) is 26.1 Å². The zero-order valence-corrected chi connectivity index (χ0v) is 18.4. The van der Waals surface area contributed by atoms with Gasteiger partial charge in [-0.05, 0) is 48.0 Å². The molecule has 7 heteroatoms. The molecule has 1 heterocycles. The van der Waals surface area contributed by atoms with Gasteiger partial charge < -0.3 is 9.80 Å². The first-order valence-corrected chi connectivity index (χ1v) is 10.9. The molecule has 0 aromatic heterocycles. The van der Waals surface area contributed by atoms with Gasteiger partial charge in [-0.25, -0.2) is 4.57 Å². The summed E-state index contributed by atoms with van der Waals surface area (Å²) < 4.78 is 29.5. The van der Waals surface area contributed by atoms with Gasteiger partial charge in [0, 0.05) is 26.7 Å². The lowest BCUT2D eigenvalue weighted by Crippen LogP contribution is -2.33. The van der Waals surface area contributed by atoms with Gasteiger partial charge in [0.15, 0.2) is 0 Å². The van der Waals surface area contributed by atoms with E-state index in [1.165, 1.54) is 19.3 Å². The molecule has 1 saturated heterocycles. The molecular formula is C18H38N3O3P. The molecule has 1 aliphatic heterocycles. The molecule has 0 atom stereocenters. The zero-order chi connectivity index (χ0) is 19.3. The Bertz CT molecular complexity index is 475. The average Bonchev–Trinajstić information content (AvgIpc) is 2.71. The van der Waals surface area contributed by atoms with E-state index in [9.17, 15) is 4.57 Å². The lowest BCUT2D eigenvalue weighted by Gasteiger charge is -2.30. The van der Waals surface area contributed by atoms with Crippen LogP contribution in [-0.4, -0.2) is 53.6 Å². The minimum absolute atomic E-state index is 0.603. The smallest absolute Gasteiger partial charge is 0.344 e. The summed E-state index contributed by atoms with van der Waals surface area (Å²) in [6, 6.07) is 0. The third-order valence-electron chi connectivity index (χ3n) is 3.60. The van der Waals surface area contributed by atoms with Crippen molar-refractivity contribution in [2.24, 2.45) is 4.76 Å². The van der Waals surface area contributed by atoms with Gasteiger partial charge in [-0.3, -0.25) is 9.05 Å². The van der Waals surface area contributed by atoms with Gasteiger partial charge in [-0.2, -0.15) is 0 Å². The van der Waals surface area contributed by atoms with E-state index in [0.29, 0.717) is 5.96 Å². The van der Waals surface area contributed by atoms with Crippen LogP contribution in [0.5, 0.6) is 0 Å². The largest absolute Gasteiger partial charge is 0.458 e. The first-order valence-electron chi connectivity index (χ1n) is 9.43. The summed E-state index contributed by atoms with van der Waals surface area (Å²) in [5.74, 6) is 0.716. The summed E-state index contributed by atoms with van der Waals surface area (Å²) in [5, 5.41) is 0. The van der Waals surface area contributed by atoms with Crippen LogP contribution < -0.4 is 0 Å². The molecule has 0 amide bonds. The molecule has 0 aromatic rings. The van der Waals surface area contributed by atoms with Gasteiger partial charge in [0.1, 0.15) is 0 Å². The first kappa shape index (κ1) is 22.5. The molecule has 0 bridgehead atoms. The number of hydrogen-bond donors (Lipinski definition) is 0. The van der Waals surface area contributed by atoms with E-state index < -0.39 is 18.9 Å². The number of guanidine groups is 1. The van der Waals surface area contributed by atoms with Crippen LogP contribution in [0.15, 0.2) is 4.76 Å². The Labute approximate surface area is 154 Å². The zero-order valence-electron chi connectivity index (χ0n) is 17.5. The normalized spacial score (nSPS) is 18.5. The van der Waals surface area contributed by atoms with Crippen molar-refractivity contribution >= 4 is 13.7 Å². The van der Waals surface area contributed by atoms with Crippen molar-refractivity contribution in [2.75, 3.05) is 26.7 Å². The minimum Gasteiger partial charge on any atom is -0.344 e. The van der Waals surface area contributed by atoms with Crippen molar-refractivity contribution in [2.45, 2.75) is 85.4 Å². The Kier molecular flexibility index (Phi) is 7.97. The highest BCUT2D eigenvalue weighted by molar-refractivity contribution is 7.52. The predicted molar refractivity (Wildman–Crippen MR) is 105 cm³/mol. The molecule has 0 spiro atoms. The van der Waals surface area contributed by atoms with E-state index in [2.05, 4.69) is 16.6 Å². The van der Waals surface area contributed by atoms with Crippen molar-refractivity contribution in [3.05, 3.63) is 0 Å². The van der Waals surface area contributed by atoms with E-state index in [4.69, 9.17) is 9.05 Å². The maximum Gasteiger partial charge on any atom is 0.458 e. The van der Waals surface area contributed by atoms with E-state index in [-0.39, 0.29) is 0 Å². The second-order valence-electron chi connectivity index (χ2n) is 8.75. The van der Waals surface area contributed by atoms with Crippen molar-refractivity contribution in [1.29, 1.82) is 0 Å². The van der Waals surface area contributed by atoms with Crippen LogP contribution in [0.2, 0.25) is 0 Å². The Morgan fingerprint density at radius 3 is 2.04 bits per heavy atom. The highest BCUT2D eigenvalue weighted by Gasteiger charge is 2.38. The molecule has 0 N–H and O–H groups in total. The maximum atomic E-state index is 13.4.